The zero-order valence-electron chi connectivity index (χ0n) is 15.6. The summed E-state index contributed by atoms with van der Waals surface area (Å²) < 4.78 is 2.49. The maximum Gasteiger partial charge on any atom is 0.165 e. The predicted molar refractivity (Wildman–Crippen MR) is 102 cm³/mol. The molecule has 0 fully saturated rings. The van der Waals surface area contributed by atoms with Crippen LogP contribution in [0.1, 0.15) is 58.9 Å². The molecule has 0 spiro atoms. The molecule has 0 aromatic heterocycles. The number of unbranched alkanes of at least 4 members (excludes halogenated alkanes) is 2. The van der Waals surface area contributed by atoms with Gasteiger partial charge in [-0.1, -0.05) is 58.7 Å². The third kappa shape index (κ3) is 3.85. The van der Waals surface area contributed by atoms with E-state index in [9.17, 15) is 0 Å². The Morgan fingerprint density at radius 2 is 1.65 bits per heavy atom. The van der Waals surface area contributed by atoms with Crippen molar-refractivity contribution in [1.82, 2.24) is 0 Å². The zero-order chi connectivity index (χ0) is 16.9. The molecule has 2 heteroatoms. The summed E-state index contributed by atoms with van der Waals surface area (Å²) in [5.41, 5.74) is 4.22. The standard InChI is InChI=1S/C21H33N2/c1-6-8-15-23(16-9-7-2)17-14-20-21(3,4)18-12-10-11-13-19(18)22(20)5/h10-14,17H,6-9,15-16H2,1-5H3/q+1. The number of nitrogens with zero attached hydrogens (tertiary/aromatic N) is 2. The molecule has 1 aliphatic heterocycles. The molecule has 0 N–H and O–H groups in total. The molecule has 0 bridgehead atoms. The third-order valence-electron chi connectivity index (χ3n) is 4.98. The molecular weight excluding hydrogens is 280 g/mol. The Morgan fingerprint density at radius 3 is 2.22 bits per heavy atom. The van der Waals surface area contributed by atoms with Gasteiger partial charge in [0.15, 0.2) is 6.21 Å². The number of benzene rings is 1. The van der Waals surface area contributed by atoms with Crippen LogP contribution >= 0.6 is 0 Å². The first-order valence-corrected chi connectivity index (χ1v) is 9.15. The van der Waals surface area contributed by atoms with E-state index in [1.807, 2.05) is 0 Å². The van der Waals surface area contributed by atoms with Crippen LogP contribution in [0.3, 0.4) is 0 Å². The van der Waals surface area contributed by atoms with Gasteiger partial charge in [0, 0.05) is 42.8 Å². The SMILES string of the molecule is CCCC[N+](=CC=C1N(C)c2ccccc2C1(C)C)CCCC. The van der Waals surface area contributed by atoms with Gasteiger partial charge in [0.25, 0.3) is 0 Å². The monoisotopic (exact) mass is 313 g/mol. The number of hydrogen-bond acceptors (Lipinski definition) is 1. The van der Waals surface area contributed by atoms with Crippen LogP contribution in [0, 0.1) is 0 Å². The van der Waals surface area contributed by atoms with Crippen molar-refractivity contribution >= 4 is 11.9 Å². The Balaban J connectivity index is 2.28. The van der Waals surface area contributed by atoms with Crippen molar-refractivity contribution in [2.45, 2.75) is 58.8 Å². The maximum atomic E-state index is 2.49. The molecule has 0 amide bonds. The van der Waals surface area contributed by atoms with Gasteiger partial charge in [-0.3, -0.25) is 0 Å². The summed E-state index contributed by atoms with van der Waals surface area (Å²) in [5, 5.41) is 0. The first-order chi connectivity index (χ1) is 11.0. The highest BCUT2D eigenvalue weighted by Gasteiger charge is 2.38. The quantitative estimate of drug-likeness (QED) is 0.508. The number of para-hydroxylation sites is 1. The number of likely N-dealkylation sites (N-methyl/N-ethyl adjacent to an activating group) is 1. The predicted octanol–water partition coefficient (Wildman–Crippen LogP) is 4.98. The van der Waals surface area contributed by atoms with Gasteiger partial charge in [-0.2, -0.15) is 0 Å². The molecule has 1 heterocycles. The lowest BCUT2D eigenvalue weighted by atomic mass is 9.84. The Bertz CT molecular complexity index is 571. The van der Waals surface area contributed by atoms with Crippen molar-refractivity contribution in [2.75, 3.05) is 25.0 Å². The van der Waals surface area contributed by atoms with Crippen molar-refractivity contribution in [3.05, 3.63) is 41.6 Å². The van der Waals surface area contributed by atoms with E-state index >= 15 is 0 Å². The van der Waals surface area contributed by atoms with Gasteiger partial charge in [-0.05, 0) is 11.6 Å². The number of anilines is 1. The molecule has 0 aliphatic carbocycles. The van der Waals surface area contributed by atoms with Gasteiger partial charge in [0.2, 0.25) is 0 Å². The van der Waals surface area contributed by atoms with Crippen LogP contribution in [0.2, 0.25) is 0 Å². The molecule has 0 unspecified atom stereocenters. The third-order valence-corrected chi connectivity index (χ3v) is 4.98. The summed E-state index contributed by atoms with van der Waals surface area (Å²) in [6, 6.07) is 8.77. The van der Waals surface area contributed by atoms with Crippen LogP contribution in [-0.4, -0.2) is 30.9 Å². The molecule has 2 rings (SSSR count). The van der Waals surface area contributed by atoms with Crippen molar-refractivity contribution in [2.24, 2.45) is 0 Å². The van der Waals surface area contributed by atoms with Crippen molar-refractivity contribution in [3.63, 3.8) is 0 Å². The highest BCUT2D eigenvalue weighted by Crippen LogP contribution is 2.46. The minimum absolute atomic E-state index is 0.0724. The Labute approximate surface area is 142 Å². The minimum Gasteiger partial charge on any atom is -0.347 e. The van der Waals surface area contributed by atoms with Gasteiger partial charge < -0.3 is 4.90 Å². The fourth-order valence-corrected chi connectivity index (χ4v) is 3.46. The summed E-state index contributed by atoms with van der Waals surface area (Å²) >= 11 is 0. The summed E-state index contributed by atoms with van der Waals surface area (Å²) in [6.07, 6.45) is 9.70. The van der Waals surface area contributed by atoms with Crippen molar-refractivity contribution in [1.29, 1.82) is 0 Å². The lowest BCUT2D eigenvalue weighted by molar-refractivity contribution is -0.523. The average Bonchev–Trinajstić information content (AvgIpc) is 2.74. The molecule has 0 saturated heterocycles. The second kappa shape index (κ2) is 7.81. The largest absolute Gasteiger partial charge is 0.347 e. The number of allylic oxidation sites excluding steroid dienone is 2. The molecule has 0 saturated carbocycles. The molecule has 0 radical (unpaired) electrons. The number of rotatable bonds is 7. The van der Waals surface area contributed by atoms with E-state index in [-0.39, 0.29) is 5.41 Å². The number of hydrogen-bond donors (Lipinski definition) is 0. The molecule has 126 valence electrons. The highest BCUT2D eigenvalue weighted by molar-refractivity contribution is 5.77. The van der Waals surface area contributed by atoms with Gasteiger partial charge in [-0.15, -0.1) is 0 Å². The molecule has 23 heavy (non-hydrogen) atoms. The van der Waals surface area contributed by atoms with Crippen LogP contribution in [0.4, 0.5) is 5.69 Å². The molecule has 1 aliphatic rings. The van der Waals surface area contributed by atoms with Gasteiger partial charge in [0.05, 0.1) is 0 Å². The zero-order valence-corrected chi connectivity index (χ0v) is 15.6. The van der Waals surface area contributed by atoms with Gasteiger partial charge >= 0.3 is 0 Å². The lowest BCUT2D eigenvalue weighted by Gasteiger charge is -2.23. The van der Waals surface area contributed by atoms with E-state index in [1.165, 1.54) is 42.6 Å². The number of fused-ring (bicyclic) bond motifs is 1. The Hall–Kier alpha value is -1.57. The van der Waals surface area contributed by atoms with Crippen LogP contribution < -0.4 is 4.90 Å². The van der Waals surface area contributed by atoms with Crippen LogP contribution in [0.15, 0.2) is 36.0 Å². The lowest BCUT2D eigenvalue weighted by Crippen LogP contribution is -2.24. The first kappa shape index (κ1) is 17.8. The molecule has 2 nitrogen and oxygen atoms in total. The maximum absolute atomic E-state index is 2.49. The van der Waals surface area contributed by atoms with E-state index in [0.29, 0.717) is 0 Å². The van der Waals surface area contributed by atoms with Crippen molar-refractivity contribution < 1.29 is 4.58 Å². The van der Waals surface area contributed by atoms with Crippen LogP contribution in [0.25, 0.3) is 0 Å². The smallest absolute Gasteiger partial charge is 0.165 e. The molecule has 0 atom stereocenters. The summed E-state index contributed by atoms with van der Waals surface area (Å²) in [5.74, 6) is 0. The van der Waals surface area contributed by atoms with Crippen molar-refractivity contribution in [3.8, 4) is 0 Å². The van der Waals surface area contributed by atoms with Crippen LogP contribution in [0.5, 0.6) is 0 Å². The van der Waals surface area contributed by atoms with Gasteiger partial charge in [0.1, 0.15) is 13.1 Å². The van der Waals surface area contributed by atoms with E-state index in [4.69, 9.17) is 0 Å². The Morgan fingerprint density at radius 1 is 1.04 bits per heavy atom. The highest BCUT2D eigenvalue weighted by atomic mass is 15.2. The first-order valence-electron chi connectivity index (χ1n) is 9.15. The van der Waals surface area contributed by atoms with E-state index in [2.05, 4.69) is 80.8 Å². The fourth-order valence-electron chi connectivity index (χ4n) is 3.46. The topological polar surface area (TPSA) is 6.25 Å². The van der Waals surface area contributed by atoms with Gasteiger partial charge in [-0.25, -0.2) is 4.58 Å². The minimum atomic E-state index is 0.0724. The van der Waals surface area contributed by atoms with Crippen LogP contribution in [-0.2, 0) is 5.41 Å². The average molecular weight is 314 g/mol. The Kier molecular flexibility index (Phi) is 6.04. The summed E-state index contributed by atoms with van der Waals surface area (Å²) in [7, 11) is 2.19. The second-order valence-corrected chi connectivity index (χ2v) is 7.15. The fraction of sp³-hybridized carbons (Fsp3) is 0.571. The molecular formula is C21H33N2+. The molecule has 1 aromatic rings. The second-order valence-electron chi connectivity index (χ2n) is 7.15. The summed E-state index contributed by atoms with van der Waals surface area (Å²) in [6.45, 7) is 11.5. The van der Waals surface area contributed by atoms with E-state index < -0.39 is 0 Å². The molecule has 1 aromatic carbocycles. The summed E-state index contributed by atoms with van der Waals surface area (Å²) in [4.78, 5) is 2.35. The van der Waals surface area contributed by atoms with E-state index in [1.54, 1.807) is 0 Å². The normalized spacial score (nSPS) is 17.4. The van der Waals surface area contributed by atoms with E-state index in [0.717, 1.165) is 13.1 Å².